The number of benzene rings is 3. The molecule has 6 heteroatoms. The third-order valence-electron chi connectivity index (χ3n) is 6.60. The number of carbonyl (C=O) groups is 1. The van der Waals surface area contributed by atoms with Gasteiger partial charge in [0.05, 0.1) is 17.6 Å². The lowest BCUT2D eigenvalue weighted by Crippen LogP contribution is -2.41. The second-order valence-corrected chi connectivity index (χ2v) is 9.52. The van der Waals surface area contributed by atoms with Crippen LogP contribution in [0.25, 0.3) is 11.0 Å². The van der Waals surface area contributed by atoms with Crippen LogP contribution in [0.15, 0.2) is 72.8 Å². The highest BCUT2D eigenvalue weighted by atomic mass is 35.5. The van der Waals surface area contributed by atoms with Crippen molar-refractivity contribution in [3.05, 3.63) is 94.5 Å². The van der Waals surface area contributed by atoms with Crippen LogP contribution in [0.3, 0.4) is 0 Å². The Morgan fingerprint density at radius 3 is 2.53 bits per heavy atom. The lowest BCUT2D eigenvalue weighted by Gasteiger charge is -2.32. The molecule has 2 heterocycles. The normalized spacial score (nSPS) is 14.5. The van der Waals surface area contributed by atoms with Gasteiger partial charge < -0.3 is 14.8 Å². The van der Waals surface area contributed by atoms with Gasteiger partial charge in [-0.1, -0.05) is 65.7 Å². The van der Waals surface area contributed by atoms with Crippen LogP contribution in [0.2, 0.25) is 5.02 Å². The molecule has 4 aromatic rings. The zero-order valence-corrected chi connectivity index (χ0v) is 20.1. The predicted octanol–water partition coefficient (Wildman–Crippen LogP) is 5.58. The van der Waals surface area contributed by atoms with Crippen LogP contribution >= 0.6 is 11.6 Å². The number of aromatic nitrogens is 2. The van der Waals surface area contributed by atoms with Gasteiger partial charge in [0.2, 0.25) is 11.9 Å². The smallest absolute Gasteiger partial charge is 0.223 e. The Hall–Kier alpha value is -3.31. The topological polar surface area (TPSA) is 50.2 Å². The van der Waals surface area contributed by atoms with Crippen molar-refractivity contribution in [1.82, 2.24) is 14.9 Å². The Balaban J connectivity index is 1.28. The van der Waals surface area contributed by atoms with Gasteiger partial charge in [-0.05, 0) is 55.2 Å². The van der Waals surface area contributed by atoms with Gasteiger partial charge in [-0.2, -0.15) is 0 Å². The van der Waals surface area contributed by atoms with E-state index in [9.17, 15) is 4.79 Å². The number of para-hydroxylation sites is 2. The number of hydrogen-bond acceptors (Lipinski definition) is 3. The van der Waals surface area contributed by atoms with Crippen LogP contribution in [0.4, 0.5) is 5.95 Å². The van der Waals surface area contributed by atoms with E-state index < -0.39 is 0 Å². The van der Waals surface area contributed by atoms with Crippen LogP contribution in [0.1, 0.15) is 29.5 Å². The minimum absolute atomic E-state index is 0.0189. The van der Waals surface area contributed by atoms with Crippen LogP contribution in [-0.4, -0.2) is 28.5 Å². The van der Waals surface area contributed by atoms with Crippen LogP contribution in [-0.2, 0) is 17.9 Å². The van der Waals surface area contributed by atoms with Crippen LogP contribution in [0.5, 0.6) is 0 Å². The van der Waals surface area contributed by atoms with Gasteiger partial charge in [-0.25, -0.2) is 4.98 Å². The van der Waals surface area contributed by atoms with Crippen LogP contribution in [0, 0.1) is 12.8 Å². The summed E-state index contributed by atoms with van der Waals surface area (Å²) in [4.78, 5) is 20.1. The van der Waals surface area contributed by atoms with Gasteiger partial charge in [0.15, 0.2) is 0 Å². The molecular formula is C28H29ClN4O. The lowest BCUT2D eigenvalue weighted by molar-refractivity contribution is -0.125. The summed E-state index contributed by atoms with van der Waals surface area (Å²) in [5.41, 5.74) is 5.68. The highest BCUT2D eigenvalue weighted by molar-refractivity contribution is 6.30. The first-order chi connectivity index (χ1) is 16.6. The molecule has 0 radical (unpaired) electrons. The second-order valence-electron chi connectivity index (χ2n) is 9.08. The average Bonchev–Trinajstić information content (AvgIpc) is 3.22. The van der Waals surface area contributed by atoms with E-state index in [-0.39, 0.29) is 11.8 Å². The average molecular weight is 473 g/mol. The monoisotopic (exact) mass is 472 g/mol. The van der Waals surface area contributed by atoms with Crippen LogP contribution < -0.4 is 10.2 Å². The number of halogens is 1. The molecule has 1 aliphatic rings. The molecule has 0 atom stereocenters. The fourth-order valence-corrected chi connectivity index (χ4v) is 4.87. The predicted molar refractivity (Wildman–Crippen MR) is 138 cm³/mol. The van der Waals surface area contributed by atoms with E-state index >= 15 is 0 Å². The number of imidazole rings is 1. The molecule has 0 unspecified atom stereocenters. The van der Waals surface area contributed by atoms with Gasteiger partial charge >= 0.3 is 0 Å². The Bertz CT molecular complexity index is 1290. The second kappa shape index (κ2) is 9.90. The van der Waals surface area contributed by atoms with E-state index in [1.807, 2.05) is 30.3 Å². The summed E-state index contributed by atoms with van der Waals surface area (Å²) in [5, 5.41) is 3.77. The number of rotatable bonds is 6. The summed E-state index contributed by atoms with van der Waals surface area (Å²) in [6.45, 7) is 5.01. The fraction of sp³-hybridized carbons (Fsp3) is 0.286. The summed E-state index contributed by atoms with van der Waals surface area (Å²) in [6.07, 6.45) is 1.63. The maximum absolute atomic E-state index is 12.8. The van der Waals surface area contributed by atoms with Crippen molar-refractivity contribution >= 4 is 34.5 Å². The third kappa shape index (κ3) is 4.95. The third-order valence-corrected chi connectivity index (χ3v) is 6.84. The fourth-order valence-electron chi connectivity index (χ4n) is 4.66. The lowest BCUT2D eigenvalue weighted by atomic mass is 9.96. The molecule has 34 heavy (non-hydrogen) atoms. The van der Waals surface area contributed by atoms with Gasteiger partial charge in [0.25, 0.3) is 0 Å². The number of amides is 1. The van der Waals surface area contributed by atoms with E-state index in [2.05, 4.69) is 64.2 Å². The number of hydrogen-bond donors (Lipinski definition) is 1. The quantitative estimate of drug-likeness (QED) is 0.398. The Morgan fingerprint density at radius 2 is 1.76 bits per heavy atom. The summed E-state index contributed by atoms with van der Waals surface area (Å²) in [7, 11) is 0. The molecule has 1 N–H and O–H groups in total. The van der Waals surface area contributed by atoms with Crippen molar-refractivity contribution in [2.24, 2.45) is 5.92 Å². The molecule has 1 aromatic heterocycles. The SMILES string of the molecule is Cc1ccc(Cn2c(N3CCC(C(=O)NCc4cccc(Cl)c4)CC3)nc3ccccc32)cc1. The number of nitrogens with one attached hydrogen (secondary N) is 1. The molecule has 1 saturated heterocycles. The maximum atomic E-state index is 12.8. The number of aryl methyl sites for hydroxylation is 1. The van der Waals surface area contributed by atoms with Crippen molar-refractivity contribution in [3.63, 3.8) is 0 Å². The Morgan fingerprint density at radius 1 is 1.00 bits per heavy atom. The molecule has 1 amide bonds. The molecule has 174 valence electrons. The maximum Gasteiger partial charge on any atom is 0.223 e. The molecule has 0 spiro atoms. The Labute approximate surface area is 205 Å². The van der Waals surface area contributed by atoms with Crippen molar-refractivity contribution in [3.8, 4) is 0 Å². The summed E-state index contributed by atoms with van der Waals surface area (Å²) < 4.78 is 2.31. The van der Waals surface area contributed by atoms with Gasteiger partial charge in [-0.3, -0.25) is 4.79 Å². The van der Waals surface area contributed by atoms with Gasteiger partial charge in [0.1, 0.15) is 0 Å². The molecule has 1 aliphatic heterocycles. The minimum atomic E-state index is 0.0189. The highest BCUT2D eigenvalue weighted by Crippen LogP contribution is 2.28. The largest absolute Gasteiger partial charge is 0.352 e. The first kappa shape index (κ1) is 22.5. The number of anilines is 1. The van der Waals surface area contributed by atoms with E-state index in [1.165, 1.54) is 11.1 Å². The first-order valence-corrected chi connectivity index (χ1v) is 12.2. The Kier molecular flexibility index (Phi) is 6.54. The molecule has 5 rings (SSSR count). The van der Waals surface area contributed by atoms with Crippen molar-refractivity contribution in [2.75, 3.05) is 18.0 Å². The molecule has 0 aliphatic carbocycles. The molecule has 1 fully saturated rings. The molecule has 5 nitrogen and oxygen atoms in total. The van der Waals surface area contributed by atoms with E-state index in [1.54, 1.807) is 0 Å². The minimum Gasteiger partial charge on any atom is -0.352 e. The van der Waals surface area contributed by atoms with E-state index in [0.29, 0.717) is 11.6 Å². The summed E-state index contributed by atoms with van der Waals surface area (Å²) in [5.74, 6) is 1.12. The molecule has 3 aromatic carbocycles. The van der Waals surface area contributed by atoms with Gasteiger partial charge in [-0.15, -0.1) is 0 Å². The zero-order chi connectivity index (χ0) is 23.5. The number of nitrogens with zero attached hydrogens (tertiary/aromatic N) is 3. The van der Waals surface area contributed by atoms with Crippen molar-refractivity contribution < 1.29 is 4.79 Å². The standard InChI is InChI=1S/C28H29ClN4O/c1-20-9-11-21(12-10-20)19-33-26-8-3-2-7-25(26)31-28(33)32-15-13-23(14-16-32)27(34)30-18-22-5-4-6-24(29)17-22/h2-12,17,23H,13-16,18-19H2,1H3,(H,30,34). The van der Waals surface area contributed by atoms with E-state index in [4.69, 9.17) is 16.6 Å². The van der Waals surface area contributed by atoms with Crippen molar-refractivity contribution in [2.45, 2.75) is 32.9 Å². The van der Waals surface area contributed by atoms with Gasteiger partial charge in [0, 0.05) is 30.6 Å². The summed E-state index contributed by atoms with van der Waals surface area (Å²) >= 11 is 6.06. The number of fused-ring (bicyclic) bond motifs is 1. The van der Waals surface area contributed by atoms with E-state index in [0.717, 1.165) is 55.0 Å². The summed E-state index contributed by atoms with van der Waals surface area (Å²) in [6, 6.07) is 24.6. The highest BCUT2D eigenvalue weighted by Gasteiger charge is 2.27. The first-order valence-electron chi connectivity index (χ1n) is 11.8. The molecule has 0 saturated carbocycles. The number of piperidine rings is 1. The number of carbonyl (C=O) groups excluding carboxylic acids is 1. The zero-order valence-electron chi connectivity index (χ0n) is 19.4. The molecular weight excluding hydrogens is 444 g/mol. The van der Waals surface area contributed by atoms with Crippen molar-refractivity contribution in [1.29, 1.82) is 0 Å². The molecule has 0 bridgehead atoms.